The highest BCUT2D eigenvalue weighted by Gasteiger charge is 2.34. The summed E-state index contributed by atoms with van der Waals surface area (Å²) in [7, 11) is 1.88. The van der Waals surface area contributed by atoms with Crippen LogP contribution >= 0.6 is 0 Å². The Bertz CT molecular complexity index is 1360. The van der Waals surface area contributed by atoms with Gasteiger partial charge in [0.25, 0.3) is 11.8 Å². The van der Waals surface area contributed by atoms with Gasteiger partial charge in [0.1, 0.15) is 11.9 Å². The lowest BCUT2D eigenvalue weighted by atomic mass is 10.1. The van der Waals surface area contributed by atoms with Gasteiger partial charge in [-0.05, 0) is 68.6 Å². The molecule has 0 radical (unpaired) electrons. The normalized spacial score (nSPS) is 21.6. The number of carbonyl (C=O) groups excluding carboxylic acids is 3. The molecule has 4 heterocycles. The molecule has 3 N–H and O–H groups in total. The van der Waals surface area contributed by atoms with Gasteiger partial charge in [0.15, 0.2) is 18.2 Å². The highest BCUT2D eigenvalue weighted by molar-refractivity contribution is 5.95. The van der Waals surface area contributed by atoms with E-state index in [9.17, 15) is 18.8 Å². The molecule has 2 atom stereocenters. The zero-order chi connectivity index (χ0) is 28.5. The Balaban J connectivity index is 0.947. The number of hydrogen-bond acceptors (Lipinski definition) is 10. The molecule has 14 heteroatoms. The van der Waals surface area contributed by atoms with Crippen molar-refractivity contribution in [1.29, 1.82) is 0 Å². The topological polar surface area (TPSA) is 147 Å². The van der Waals surface area contributed by atoms with Crippen LogP contribution < -0.4 is 25.6 Å². The van der Waals surface area contributed by atoms with Crippen LogP contribution in [0.4, 0.5) is 26.5 Å². The molecule has 13 nitrogen and oxygen atoms in total. The van der Waals surface area contributed by atoms with Crippen LogP contribution in [0.3, 0.4) is 0 Å². The van der Waals surface area contributed by atoms with Gasteiger partial charge in [-0.2, -0.15) is 0 Å². The second-order valence-electron chi connectivity index (χ2n) is 10.9. The van der Waals surface area contributed by atoms with Crippen molar-refractivity contribution in [2.75, 3.05) is 68.6 Å². The standard InChI is InChI=1S/C27H32FN7O6/c1-34(18-12-39-13-18)11-23(36)31-17-6-16-4-15(5-20(16)21(28)7-17)8-29-3-2-19-10-35(27(38)41-19)22-9-30-26-25(32-22)33-24(37)14-40-26/h6-7,9,15,18-19,29H,2-5,8,10-14H2,1H3,(H,31,36)(H,32,33,37). The van der Waals surface area contributed by atoms with Crippen LogP contribution in [0.15, 0.2) is 18.3 Å². The fraction of sp³-hybridized carbons (Fsp3) is 0.519. The van der Waals surface area contributed by atoms with Crippen molar-refractivity contribution in [3.8, 4) is 5.88 Å². The first kappa shape index (κ1) is 27.3. The lowest BCUT2D eigenvalue weighted by Gasteiger charge is -2.34. The fourth-order valence-corrected chi connectivity index (χ4v) is 5.44. The number of amides is 3. The SMILES string of the molecule is CN(CC(=O)Nc1cc(F)c2c(c1)CC(CNCCC1CN(c3cnc4c(n3)NC(=O)CO4)C(=O)O1)C2)C1COC1. The minimum absolute atomic E-state index is 0.127. The second kappa shape index (κ2) is 11.5. The van der Waals surface area contributed by atoms with E-state index < -0.39 is 6.09 Å². The molecule has 2 unspecified atom stereocenters. The number of carbonyl (C=O) groups is 3. The molecule has 1 aromatic carbocycles. The van der Waals surface area contributed by atoms with Crippen molar-refractivity contribution in [3.05, 3.63) is 35.3 Å². The number of benzene rings is 1. The van der Waals surface area contributed by atoms with Gasteiger partial charge in [0.05, 0.1) is 38.5 Å². The lowest BCUT2D eigenvalue weighted by molar-refractivity contribution is -0.120. The van der Waals surface area contributed by atoms with Gasteiger partial charge in [0.2, 0.25) is 5.91 Å². The summed E-state index contributed by atoms with van der Waals surface area (Å²) in [6.07, 6.45) is 2.47. The maximum absolute atomic E-state index is 14.9. The molecule has 3 aliphatic heterocycles. The highest BCUT2D eigenvalue weighted by Crippen LogP contribution is 2.32. The van der Waals surface area contributed by atoms with Gasteiger partial charge in [0, 0.05) is 5.69 Å². The maximum atomic E-state index is 14.9. The lowest BCUT2D eigenvalue weighted by Crippen LogP contribution is -2.49. The maximum Gasteiger partial charge on any atom is 0.415 e. The van der Waals surface area contributed by atoms with Crippen molar-refractivity contribution in [2.45, 2.75) is 31.4 Å². The van der Waals surface area contributed by atoms with Gasteiger partial charge in [-0.25, -0.2) is 19.2 Å². The predicted molar refractivity (Wildman–Crippen MR) is 144 cm³/mol. The molecular weight excluding hydrogens is 537 g/mol. The third-order valence-corrected chi connectivity index (χ3v) is 7.76. The minimum atomic E-state index is -0.527. The smallest absolute Gasteiger partial charge is 0.415 e. The molecule has 6 rings (SSSR count). The number of fused-ring (bicyclic) bond motifs is 2. The predicted octanol–water partition coefficient (Wildman–Crippen LogP) is 0.936. The van der Waals surface area contributed by atoms with Crippen LogP contribution in [0.25, 0.3) is 0 Å². The van der Waals surface area contributed by atoms with E-state index in [-0.39, 0.29) is 66.4 Å². The quantitative estimate of drug-likeness (QED) is 0.353. The molecule has 2 saturated heterocycles. The number of hydrogen-bond donors (Lipinski definition) is 3. The first-order chi connectivity index (χ1) is 19.8. The molecule has 41 heavy (non-hydrogen) atoms. The molecule has 2 fully saturated rings. The number of anilines is 3. The van der Waals surface area contributed by atoms with E-state index in [1.165, 1.54) is 17.2 Å². The molecule has 218 valence electrons. The van der Waals surface area contributed by atoms with E-state index >= 15 is 0 Å². The van der Waals surface area contributed by atoms with Crippen LogP contribution in [0.2, 0.25) is 0 Å². The Morgan fingerprint density at radius 2 is 2.12 bits per heavy atom. The van der Waals surface area contributed by atoms with Crippen molar-refractivity contribution in [3.63, 3.8) is 0 Å². The Kier molecular flexibility index (Phi) is 7.69. The van der Waals surface area contributed by atoms with Gasteiger partial charge in [-0.15, -0.1) is 0 Å². The highest BCUT2D eigenvalue weighted by atomic mass is 19.1. The number of ether oxygens (including phenoxy) is 3. The molecule has 0 bridgehead atoms. The number of aromatic nitrogens is 2. The van der Waals surface area contributed by atoms with E-state index in [0.717, 1.165) is 5.56 Å². The zero-order valence-corrected chi connectivity index (χ0v) is 22.7. The number of rotatable bonds is 10. The summed E-state index contributed by atoms with van der Waals surface area (Å²) in [6, 6.07) is 3.51. The average Bonchev–Trinajstić information content (AvgIpc) is 3.48. The van der Waals surface area contributed by atoms with E-state index in [1.54, 1.807) is 0 Å². The monoisotopic (exact) mass is 569 g/mol. The van der Waals surface area contributed by atoms with E-state index in [2.05, 4.69) is 25.9 Å². The number of likely N-dealkylation sites (N-methyl/N-ethyl adjacent to an activating group) is 1. The van der Waals surface area contributed by atoms with Gasteiger partial charge in [-0.3, -0.25) is 19.4 Å². The zero-order valence-electron chi connectivity index (χ0n) is 22.7. The average molecular weight is 570 g/mol. The number of nitrogens with zero attached hydrogens (tertiary/aromatic N) is 4. The van der Waals surface area contributed by atoms with Crippen molar-refractivity contribution in [1.82, 2.24) is 20.2 Å². The number of halogens is 1. The van der Waals surface area contributed by atoms with E-state index in [1.807, 2.05) is 18.0 Å². The Morgan fingerprint density at radius 3 is 2.93 bits per heavy atom. The van der Waals surface area contributed by atoms with Gasteiger partial charge < -0.3 is 30.2 Å². The summed E-state index contributed by atoms with van der Waals surface area (Å²) in [5.74, 6) is 0.0658. The molecule has 2 aromatic rings. The molecule has 1 aliphatic carbocycles. The first-order valence-corrected chi connectivity index (χ1v) is 13.7. The van der Waals surface area contributed by atoms with Crippen LogP contribution in [-0.2, 0) is 31.9 Å². The minimum Gasteiger partial charge on any atom is -0.465 e. The summed E-state index contributed by atoms with van der Waals surface area (Å²) in [5.41, 5.74) is 2.09. The van der Waals surface area contributed by atoms with Gasteiger partial charge >= 0.3 is 6.09 Å². The van der Waals surface area contributed by atoms with Gasteiger partial charge in [-0.1, -0.05) is 0 Å². The Morgan fingerprint density at radius 1 is 1.27 bits per heavy atom. The summed E-state index contributed by atoms with van der Waals surface area (Å²) in [6.45, 7) is 2.95. The van der Waals surface area contributed by atoms with Crippen molar-refractivity contribution < 1.29 is 33.0 Å². The summed E-state index contributed by atoms with van der Waals surface area (Å²) in [4.78, 5) is 48.2. The van der Waals surface area contributed by atoms with Crippen LogP contribution in [0.1, 0.15) is 17.5 Å². The van der Waals surface area contributed by atoms with Crippen molar-refractivity contribution >= 4 is 35.2 Å². The van der Waals surface area contributed by atoms with Crippen LogP contribution in [0, 0.1) is 11.7 Å². The summed E-state index contributed by atoms with van der Waals surface area (Å²) >= 11 is 0. The van der Waals surface area contributed by atoms with Crippen molar-refractivity contribution in [2.24, 2.45) is 5.92 Å². The Labute approximate surface area is 235 Å². The molecule has 3 amide bonds. The molecule has 4 aliphatic rings. The summed E-state index contributed by atoms with van der Waals surface area (Å²) < 4.78 is 30.7. The first-order valence-electron chi connectivity index (χ1n) is 13.7. The third kappa shape index (κ3) is 6.09. The summed E-state index contributed by atoms with van der Waals surface area (Å²) in [5, 5.41) is 8.81. The second-order valence-corrected chi connectivity index (χ2v) is 10.9. The number of nitrogens with one attached hydrogen (secondary N) is 3. The Hall–Kier alpha value is -3.88. The molecular formula is C27H32FN7O6. The van der Waals surface area contributed by atoms with Crippen LogP contribution in [0.5, 0.6) is 5.88 Å². The molecule has 0 spiro atoms. The molecule has 1 aromatic heterocycles. The third-order valence-electron chi connectivity index (χ3n) is 7.76. The fourth-order valence-electron chi connectivity index (χ4n) is 5.44. The number of cyclic esters (lactones) is 1. The molecule has 0 saturated carbocycles. The largest absolute Gasteiger partial charge is 0.465 e. The van der Waals surface area contributed by atoms with E-state index in [4.69, 9.17) is 14.2 Å². The van der Waals surface area contributed by atoms with E-state index in [0.29, 0.717) is 63.4 Å². The van der Waals surface area contributed by atoms with Crippen LogP contribution in [-0.4, -0.2) is 98.0 Å².